The van der Waals surface area contributed by atoms with E-state index in [1.54, 1.807) is 18.2 Å². The average Bonchev–Trinajstić information content (AvgIpc) is 3.21. The normalized spacial score (nSPS) is 15.4. The van der Waals surface area contributed by atoms with Gasteiger partial charge in [-0.3, -0.25) is 4.90 Å². The maximum absolute atomic E-state index is 13.2. The molecule has 5 rings (SSSR count). The highest BCUT2D eigenvalue weighted by atomic mass is 32.2. The second kappa shape index (κ2) is 9.39. The average molecular weight is 472 g/mol. The van der Waals surface area contributed by atoms with E-state index in [0.717, 1.165) is 23.3 Å². The first-order valence-corrected chi connectivity index (χ1v) is 12.7. The maximum Gasteiger partial charge on any atom is 0.244 e. The van der Waals surface area contributed by atoms with E-state index in [-0.39, 0.29) is 10.5 Å². The van der Waals surface area contributed by atoms with E-state index < -0.39 is 10.0 Å². The molecule has 1 saturated heterocycles. The number of aromatic nitrogens is 2. The van der Waals surface area contributed by atoms with Crippen molar-refractivity contribution in [2.24, 2.45) is 0 Å². The molecule has 0 spiro atoms. The summed E-state index contributed by atoms with van der Waals surface area (Å²) in [6.07, 6.45) is 0.731. The Bertz CT molecular complexity index is 1450. The molecule has 1 aromatic heterocycles. The van der Waals surface area contributed by atoms with E-state index >= 15 is 0 Å². The van der Waals surface area contributed by atoms with Gasteiger partial charge in [0, 0.05) is 32.6 Å². The summed E-state index contributed by atoms with van der Waals surface area (Å²) in [4.78, 5) is 7.22. The molecule has 7 nitrogen and oxygen atoms in total. The van der Waals surface area contributed by atoms with E-state index in [2.05, 4.69) is 27.7 Å². The van der Waals surface area contributed by atoms with E-state index in [9.17, 15) is 13.7 Å². The van der Waals surface area contributed by atoms with Crippen molar-refractivity contribution in [3.63, 3.8) is 0 Å². The molecule has 3 aromatic carbocycles. The first-order valence-electron chi connectivity index (χ1n) is 11.3. The molecule has 4 aromatic rings. The molecule has 8 heteroatoms. The van der Waals surface area contributed by atoms with Gasteiger partial charge in [-0.2, -0.15) is 9.57 Å². The first-order chi connectivity index (χ1) is 16.6. The van der Waals surface area contributed by atoms with Crippen LogP contribution in [0, 0.1) is 11.3 Å². The van der Waals surface area contributed by atoms with Crippen molar-refractivity contribution >= 4 is 21.1 Å². The molecular weight excluding hydrogens is 446 g/mol. The van der Waals surface area contributed by atoms with Crippen LogP contribution in [-0.2, 0) is 23.1 Å². The van der Waals surface area contributed by atoms with Crippen LogP contribution in [0.15, 0.2) is 83.8 Å². The summed E-state index contributed by atoms with van der Waals surface area (Å²) in [6, 6.07) is 26.8. The summed E-state index contributed by atoms with van der Waals surface area (Å²) in [5, 5.41) is 9.33. The van der Waals surface area contributed by atoms with Gasteiger partial charge in [-0.05, 0) is 29.8 Å². The van der Waals surface area contributed by atoms with Crippen molar-refractivity contribution in [2.45, 2.75) is 18.0 Å². The number of benzene rings is 3. The van der Waals surface area contributed by atoms with Crippen LogP contribution in [0.1, 0.15) is 17.0 Å². The second-order valence-electron chi connectivity index (χ2n) is 8.38. The third kappa shape index (κ3) is 4.33. The molecule has 1 aliphatic heterocycles. The molecule has 0 unspecified atom stereocenters. The van der Waals surface area contributed by atoms with Crippen LogP contribution in [0.25, 0.3) is 11.0 Å². The number of rotatable bonds is 6. The van der Waals surface area contributed by atoms with Gasteiger partial charge in [0.05, 0.1) is 28.2 Å². The molecule has 0 radical (unpaired) electrons. The Morgan fingerprint density at radius 2 is 1.53 bits per heavy atom. The maximum atomic E-state index is 13.2. The highest BCUT2D eigenvalue weighted by Crippen LogP contribution is 2.23. The summed E-state index contributed by atoms with van der Waals surface area (Å²) in [5.74, 6) is 0.991. The first kappa shape index (κ1) is 22.3. The fraction of sp³-hybridized carbons (Fsp3) is 0.231. The van der Waals surface area contributed by atoms with Crippen LogP contribution in [0.3, 0.4) is 0 Å². The molecule has 1 fully saturated rings. The van der Waals surface area contributed by atoms with Crippen molar-refractivity contribution < 1.29 is 8.42 Å². The molecule has 1 aliphatic rings. The van der Waals surface area contributed by atoms with Crippen LogP contribution in [0.5, 0.6) is 0 Å². The lowest BCUT2D eigenvalue weighted by Gasteiger charge is -2.34. The van der Waals surface area contributed by atoms with Gasteiger partial charge in [-0.25, -0.2) is 13.4 Å². The minimum atomic E-state index is -3.71. The molecule has 172 valence electrons. The van der Waals surface area contributed by atoms with Crippen LogP contribution in [-0.4, -0.2) is 53.4 Å². The van der Waals surface area contributed by atoms with Gasteiger partial charge in [0.15, 0.2) is 0 Å². The van der Waals surface area contributed by atoms with Gasteiger partial charge in [0.1, 0.15) is 11.9 Å². The Balaban J connectivity index is 1.35. The molecule has 0 amide bonds. The van der Waals surface area contributed by atoms with E-state index in [4.69, 9.17) is 4.98 Å². The van der Waals surface area contributed by atoms with Crippen molar-refractivity contribution in [3.05, 3.63) is 95.8 Å². The zero-order chi connectivity index (χ0) is 23.5. The number of para-hydroxylation sites is 2. The standard InChI is InChI=1S/C26H25N5O2S/c27-19-22-10-4-7-13-25(22)34(32,33)30-16-14-29(15-17-30)20-31-24-12-6-5-11-23(24)28-26(31)18-21-8-2-1-3-9-21/h1-13H,14-18,20H2. The molecule has 0 aliphatic carbocycles. The van der Waals surface area contributed by atoms with E-state index in [0.29, 0.717) is 32.8 Å². The Morgan fingerprint density at radius 1 is 0.853 bits per heavy atom. The van der Waals surface area contributed by atoms with Gasteiger partial charge in [0.25, 0.3) is 0 Å². The molecule has 0 atom stereocenters. The lowest BCUT2D eigenvalue weighted by molar-refractivity contribution is 0.153. The van der Waals surface area contributed by atoms with Gasteiger partial charge in [-0.15, -0.1) is 0 Å². The Kier molecular flexibility index (Phi) is 6.16. The second-order valence-corrected chi connectivity index (χ2v) is 10.3. The lowest BCUT2D eigenvalue weighted by atomic mass is 10.1. The van der Waals surface area contributed by atoms with Gasteiger partial charge in [-0.1, -0.05) is 54.6 Å². The van der Waals surface area contributed by atoms with Gasteiger partial charge < -0.3 is 4.57 Å². The Morgan fingerprint density at radius 3 is 2.29 bits per heavy atom. The largest absolute Gasteiger partial charge is 0.314 e. The van der Waals surface area contributed by atoms with Crippen molar-refractivity contribution in [1.82, 2.24) is 18.8 Å². The van der Waals surface area contributed by atoms with Gasteiger partial charge >= 0.3 is 0 Å². The Hall–Kier alpha value is -3.51. The number of hydrogen-bond donors (Lipinski definition) is 0. The fourth-order valence-corrected chi connectivity index (χ4v) is 6.00. The lowest BCUT2D eigenvalue weighted by Crippen LogP contribution is -2.49. The van der Waals surface area contributed by atoms with Crippen LogP contribution in [0.2, 0.25) is 0 Å². The molecule has 0 bridgehead atoms. The summed E-state index contributed by atoms with van der Waals surface area (Å²) < 4.78 is 30.0. The van der Waals surface area contributed by atoms with Crippen LogP contribution >= 0.6 is 0 Å². The number of piperazine rings is 1. The smallest absolute Gasteiger partial charge is 0.244 e. The van der Waals surface area contributed by atoms with Crippen LogP contribution < -0.4 is 0 Å². The molecule has 2 heterocycles. The summed E-state index contributed by atoms with van der Waals surface area (Å²) in [5.41, 5.74) is 3.42. The predicted molar refractivity (Wildman–Crippen MR) is 130 cm³/mol. The number of nitrogens with zero attached hydrogens (tertiary/aromatic N) is 5. The monoisotopic (exact) mass is 471 g/mol. The van der Waals surface area contributed by atoms with Crippen molar-refractivity contribution in [2.75, 3.05) is 26.2 Å². The van der Waals surface area contributed by atoms with E-state index in [1.165, 1.54) is 15.9 Å². The van der Waals surface area contributed by atoms with Gasteiger partial charge in [0.2, 0.25) is 10.0 Å². The summed E-state index contributed by atoms with van der Waals surface area (Å²) in [7, 11) is -3.71. The highest BCUT2D eigenvalue weighted by molar-refractivity contribution is 7.89. The Labute approximate surface area is 199 Å². The zero-order valence-electron chi connectivity index (χ0n) is 18.7. The summed E-state index contributed by atoms with van der Waals surface area (Å²) >= 11 is 0. The topological polar surface area (TPSA) is 82.2 Å². The molecular formula is C26H25N5O2S. The highest BCUT2D eigenvalue weighted by Gasteiger charge is 2.30. The molecule has 0 saturated carbocycles. The minimum absolute atomic E-state index is 0.0803. The number of hydrogen-bond acceptors (Lipinski definition) is 5. The van der Waals surface area contributed by atoms with E-state index in [1.807, 2.05) is 42.5 Å². The SMILES string of the molecule is N#Cc1ccccc1S(=O)(=O)N1CCN(Cn2c(Cc3ccccc3)nc3ccccc32)CC1. The van der Waals surface area contributed by atoms with Crippen molar-refractivity contribution in [1.29, 1.82) is 5.26 Å². The zero-order valence-corrected chi connectivity index (χ0v) is 19.5. The minimum Gasteiger partial charge on any atom is -0.314 e. The predicted octanol–water partition coefficient (Wildman–Crippen LogP) is 3.46. The van der Waals surface area contributed by atoms with Crippen molar-refractivity contribution in [3.8, 4) is 6.07 Å². The number of sulfonamides is 1. The molecule has 34 heavy (non-hydrogen) atoms. The number of imidazole rings is 1. The number of nitriles is 1. The molecule has 0 N–H and O–H groups in total. The summed E-state index contributed by atoms with van der Waals surface area (Å²) in [6.45, 7) is 2.60. The third-order valence-corrected chi connectivity index (χ3v) is 8.19. The van der Waals surface area contributed by atoms with Crippen LogP contribution in [0.4, 0.5) is 0 Å². The fourth-order valence-electron chi connectivity index (χ4n) is 4.43. The third-order valence-electron chi connectivity index (χ3n) is 6.24. The quantitative estimate of drug-likeness (QED) is 0.430. The number of fused-ring (bicyclic) bond motifs is 1.